The van der Waals surface area contributed by atoms with E-state index in [1.165, 1.54) is 32.6 Å². The quantitative estimate of drug-likeness (QED) is 0.693. The number of likely N-dealkylation sites (tertiary alicyclic amines) is 1. The zero-order valence-corrected chi connectivity index (χ0v) is 17.0. The Morgan fingerprint density at radius 2 is 1.81 bits per heavy atom. The molecule has 0 unspecified atom stereocenters. The number of nitrogens with one attached hydrogen (secondary N) is 2. The van der Waals surface area contributed by atoms with E-state index in [0.29, 0.717) is 17.9 Å². The summed E-state index contributed by atoms with van der Waals surface area (Å²) >= 11 is 0. The Kier molecular flexibility index (Phi) is 6.89. The van der Waals surface area contributed by atoms with Crippen LogP contribution in [0.2, 0.25) is 0 Å². The molecule has 1 aliphatic carbocycles. The minimum Gasteiger partial charge on any atom is -0.353 e. The van der Waals surface area contributed by atoms with Crippen LogP contribution >= 0.6 is 0 Å². The zero-order valence-electron chi connectivity index (χ0n) is 16.2. The number of hydrogen-bond donors (Lipinski definition) is 2. The number of nitrogens with zero attached hydrogens (tertiary/aromatic N) is 1. The molecule has 1 heterocycles. The first kappa shape index (κ1) is 20.3. The zero-order chi connectivity index (χ0) is 19.3. The summed E-state index contributed by atoms with van der Waals surface area (Å²) in [6.07, 6.45) is 7.40. The lowest BCUT2D eigenvalue weighted by Gasteiger charge is -2.19. The maximum absolute atomic E-state index is 12.6. The van der Waals surface area contributed by atoms with E-state index in [4.69, 9.17) is 0 Å². The van der Waals surface area contributed by atoms with Crippen molar-refractivity contribution in [3.8, 4) is 0 Å². The summed E-state index contributed by atoms with van der Waals surface area (Å²) in [4.78, 5) is 14.0. The second-order valence-electron chi connectivity index (χ2n) is 7.74. The van der Waals surface area contributed by atoms with Crippen molar-refractivity contribution in [2.45, 2.75) is 62.8 Å². The highest BCUT2D eigenvalue weighted by atomic mass is 32.2. The molecule has 1 saturated heterocycles. The van der Waals surface area contributed by atoms with E-state index >= 15 is 0 Å². The number of fused-ring (bicyclic) bond motifs is 1. The number of carbonyl (C=O) groups is 1. The molecule has 1 aromatic carbocycles. The van der Waals surface area contributed by atoms with Gasteiger partial charge in [0, 0.05) is 19.5 Å². The van der Waals surface area contributed by atoms with Crippen molar-refractivity contribution < 1.29 is 13.2 Å². The minimum absolute atomic E-state index is 0.0493. The van der Waals surface area contributed by atoms with Crippen LogP contribution in [0.4, 0.5) is 0 Å². The van der Waals surface area contributed by atoms with Gasteiger partial charge in [-0.05, 0) is 75.0 Å². The fraction of sp³-hybridized carbons (Fsp3) is 0.650. The van der Waals surface area contributed by atoms with Crippen LogP contribution in [0.15, 0.2) is 23.1 Å². The summed E-state index contributed by atoms with van der Waals surface area (Å²) in [6.45, 7) is 5.18. The Morgan fingerprint density at radius 3 is 2.52 bits per heavy atom. The molecule has 0 spiro atoms. The Balaban J connectivity index is 1.51. The van der Waals surface area contributed by atoms with Gasteiger partial charge in [0.15, 0.2) is 0 Å². The Hall–Kier alpha value is -1.44. The van der Waals surface area contributed by atoms with Crippen LogP contribution in [-0.2, 0) is 27.7 Å². The lowest BCUT2D eigenvalue weighted by molar-refractivity contribution is -0.119. The van der Waals surface area contributed by atoms with Gasteiger partial charge >= 0.3 is 0 Å². The van der Waals surface area contributed by atoms with E-state index < -0.39 is 10.0 Å². The standard InChI is InChI=1S/C20H31N3O3S/c1-16(24)22-19-13-17-7-8-20(15-18(17)14-19)27(25,26)21-9-6-12-23-10-4-2-3-5-11-23/h7-8,15,19,21H,2-6,9-14H2,1H3,(H,22,24)/t19-/m1/s1. The second kappa shape index (κ2) is 9.17. The molecule has 0 saturated carbocycles. The molecule has 1 atom stereocenters. The molecule has 1 aromatic rings. The first-order valence-corrected chi connectivity index (χ1v) is 11.5. The van der Waals surface area contributed by atoms with Gasteiger partial charge in [0.25, 0.3) is 0 Å². The summed E-state index contributed by atoms with van der Waals surface area (Å²) < 4.78 is 27.9. The molecule has 7 heteroatoms. The number of rotatable bonds is 7. The molecule has 0 aromatic heterocycles. The normalized spacial score (nSPS) is 20.9. The van der Waals surface area contributed by atoms with Gasteiger partial charge in [0.2, 0.25) is 15.9 Å². The molecule has 6 nitrogen and oxygen atoms in total. The van der Waals surface area contributed by atoms with Gasteiger partial charge in [-0.2, -0.15) is 0 Å². The van der Waals surface area contributed by atoms with E-state index in [-0.39, 0.29) is 11.9 Å². The third-order valence-electron chi connectivity index (χ3n) is 5.47. The van der Waals surface area contributed by atoms with Crippen molar-refractivity contribution in [1.82, 2.24) is 14.9 Å². The SMILES string of the molecule is CC(=O)N[C@@H]1Cc2ccc(S(=O)(=O)NCCCN3CCCCCC3)cc2C1. The van der Waals surface area contributed by atoms with Crippen molar-refractivity contribution in [1.29, 1.82) is 0 Å². The largest absolute Gasteiger partial charge is 0.353 e. The first-order valence-electron chi connectivity index (χ1n) is 10.0. The first-order chi connectivity index (χ1) is 12.9. The summed E-state index contributed by atoms with van der Waals surface area (Å²) in [5, 5.41) is 2.92. The monoisotopic (exact) mass is 393 g/mol. The Morgan fingerprint density at radius 1 is 1.11 bits per heavy atom. The van der Waals surface area contributed by atoms with Crippen LogP contribution in [-0.4, -0.2) is 51.4 Å². The summed E-state index contributed by atoms with van der Waals surface area (Å²) in [5.41, 5.74) is 2.13. The third-order valence-corrected chi connectivity index (χ3v) is 6.93. The van der Waals surface area contributed by atoms with Crippen LogP contribution in [0.1, 0.15) is 50.2 Å². The highest BCUT2D eigenvalue weighted by Gasteiger charge is 2.24. The molecule has 2 N–H and O–H groups in total. The molecule has 0 radical (unpaired) electrons. The summed E-state index contributed by atoms with van der Waals surface area (Å²) in [6, 6.07) is 5.38. The minimum atomic E-state index is -3.49. The molecular weight excluding hydrogens is 362 g/mol. The van der Waals surface area contributed by atoms with Crippen LogP contribution in [0.3, 0.4) is 0 Å². The van der Waals surface area contributed by atoms with Gasteiger partial charge in [-0.15, -0.1) is 0 Å². The number of hydrogen-bond acceptors (Lipinski definition) is 4. The summed E-state index contributed by atoms with van der Waals surface area (Å²) in [5.74, 6) is -0.0493. The smallest absolute Gasteiger partial charge is 0.240 e. The lowest BCUT2D eigenvalue weighted by Crippen LogP contribution is -2.33. The van der Waals surface area contributed by atoms with Crippen LogP contribution in [0, 0.1) is 0 Å². The number of sulfonamides is 1. The van der Waals surface area contributed by atoms with Gasteiger partial charge in [-0.3, -0.25) is 4.79 Å². The van der Waals surface area contributed by atoms with Crippen LogP contribution in [0.25, 0.3) is 0 Å². The third kappa shape index (κ3) is 5.77. The lowest BCUT2D eigenvalue weighted by atomic mass is 10.1. The van der Waals surface area contributed by atoms with Crippen molar-refractivity contribution in [2.24, 2.45) is 0 Å². The predicted octanol–water partition coefficient (Wildman–Crippen LogP) is 1.83. The second-order valence-corrected chi connectivity index (χ2v) is 9.51. The van der Waals surface area contributed by atoms with E-state index in [2.05, 4.69) is 14.9 Å². The van der Waals surface area contributed by atoms with Crippen molar-refractivity contribution >= 4 is 15.9 Å². The number of amides is 1. The van der Waals surface area contributed by atoms with Crippen LogP contribution in [0.5, 0.6) is 0 Å². The molecule has 1 fully saturated rings. The molecule has 3 rings (SSSR count). The highest BCUT2D eigenvalue weighted by molar-refractivity contribution is 7.89. The van der Waals surface area contributed by atoms with Gasteiger partial charge in [0.05, 0.1) is 4.90 Å². The number of carbonyl (C=O) groups excluding carboxylic acids is 1. The van der Waals surface area contributed by atoms with Crippen LogP contribution < -0.4 is 10.0 Å². The van der Waals surface area contributed by atoms with Crippen molar-refractivity contribution in [2.75, 3.05) is 26.2 Å². The van der Waals surface area contributed by atoms with Crippen molar-refractivity contribution in [3.63, 3.8) is 0 Å². The van der Waals surface area contributed by atoms with E-state index in [0.717, 1.165) is 43.6 Å². The summed E-state index contributed by atoms with van der Waals surface area (Å²) in [7, 11) is -3.49. The topological polar surface area (TPSA) is 78.5 Å². The fourth-order valence-electron chi connectivity index (χ4n) is 4.10. The van der Waals surface area contributed by atoms with Gasteiger partial charge < -0.3 is 10.2 Å². The Labute approximate surface area is 162 Å². The molecule has 150 valence electrons. The van der Waals surface area contributed by atoms with E-state index in [1.54, 1.807) is 12.1 Å². The van der Waals surface area contributed by atoms with Gasteiger partial charge in [-0.1, -0.05) is 18.9 Å². The van der Waals surface area contributed by atoms with E-state index in [9.17, 15) is 13.2 Å². The van der Waals surface area contributed by atoms with Gasteiger partial charge in [0.1, 0.15) is 0 Å². The fourth-order valence-corrected chi connectivity index (χ4v) is 5.23. The Bertz CT molecular complexity index is 756. The molecule has 0 bridgehead atoms. The maximum Gasteiger partial charge on any atom is 0.240 e. The average Bonchev–Trinajstić information content (AvgIpc) is 2.82. The molecule has 2 aliphatic rings. The number of benzene rings is 1. The molecule has 27 heavy (non-hydrogen) atoms. The van der Waals surface area contributed by atoms with Crippen molar-refractivity contribution in [3.05, 3.63) is 29.3 Å². The highest BCUT2D eigenvalue weighted by Crippen LogP contribution is 2.25. The van der Waals surface area contributed by atoms with E-state index in [1.807, 2.05) is 6.07 Å². The molecule has 1 aliphatic heterocycles. The van der Waals surface area contributed by atoms with Gasteiger partial charge in [-0.25, -0.2) is 13.1 Å². The molecular formula is C20H31N3O3S. The average molecular weight is 394 g/mol. The predicted molar refractivity (Wildman–Crippen MR) is 106 cm³/mol. The molecule has 1 amide bonds. The maximum atomic E-state index is 12.6.